The number of nitrogens with zero attached hydrogens (tertiary/aromatic N) is 2. The fraction of sp³-hybridized carbons (Fsp3) is 0.529. The summed E-state index contributed by atoms with van der Waals surface area (Å²) < 4.78 is 2.24. The molecule has 0 amide bonds. The molecule has 22 heavy (non-hydrogen) atoms. The predicted octanol–water partition coefficient (Wildman–Crippen LogP) is 2.01. The molecule has 1 fully saturated rings. The minimum atomic E-state index is 0.645. The van der Waals surface area contributed by atoms with Crippen molar-refractivity contribution in [3.63, 3.8) is 0 Å². The van der Waals surface area contributed by atoms with Crippen LogP contribution < -0.4 is 11.1 Å². The first-order valence-corrected chi connectivity index (χ1v) is 8.48. The quantitative estimate of drug-likeness (QED) is 0.886. The van der Waals surface area contributed by atoms with Gasteiger partial charge in [-0.15, -0.1) is 0 Å². The minimum Gasteiger partial charge on any atom is -0.346 e. The molecule has 0 radical (unpaired) electrons. The molecule has 0 aliphatic carbocycles. The van der Waals surface area contributed by atoms with Crippen LogP contribution in [0.3, 0.4) is 0 Å². The van der Waals surface area contributed by atoms with Crippen molar-refractivity contribution < 1.29 is 0 Å². The van der Waals surface area contributed by atoms with E-state index in [1.165, 1.54) is 16.5 Å². The number of hydrogen-bond donors (Lipinski definition) is 2. The van der Waals surface area contributed by atoms with Crippen LogP contribution in [-0.4, -0.2) is 48.7 Å². The molecule has 0 spiro atoms. The standard InChI is InChI=1S/C17H25ClN4/c1-13-10-15-14(2-6-21-8-4-20-5-9-21)12-22(7-3-19)17(15)11-16(13)18/h10-12,20H,2-9,19H2,1H3. The fourth-order valence-electron chi connectivity index (χ4n) is 3.23. The lowest BCUT2D eigenvalue weighted by Crippen LogP contribution is -2.44. The highest BCUT2D eigenvalue weighted by atomic mass is 35.5. The minimum absolute atomic E-state index is 0.645. The summed E-state index contributed by atoms with van der Waals surface area (Å²) in [6.07, 6.45) is 3.34. The smallest absolute Gasteiger partial charge is 0.0498 e. The van der Waals surface area contributed by atoms with Gasteiger partial charge >= 0.3 is 0 Å². The average Bonchev–Trinajstić information content (AvgIpc) is 2.85. The van der Waals surface area contributed by atoms with Gasteiger partial charge in [-0.3, -0.25) is 0 Å². The molecule has 2 aromatic rings. The van der Waals surface area contributed by atoms with Gasteiger partial charge in [-0.05, 0) is 36.6 Å². The van der Waals surface area contributed by atoms with Crippen molar-refractivity contribution in [3.8, 4) is 0 Å². The number of hydrogen-bond acceptors (Lipinski definition) is 3. The van der Waals surface area contributed by atoms with E-state index in [0.29, 0.717) is 6.54 Å². The van der Waals surface area contributed by atoms with Crippen LogP contribution >= 0.6 is 11.6 Å². The third-order valence-corrected chi connectivity index (χ3v) is 4.93. The Labute approximate surface area is 137 Å². The van der Waals surface area contributed by atoms with E-state index in [-0.39, 0.29) is 0 Å². The van der Waals surface area contributed by atoms with Gasteiger partial charge in [-0.1, -0.05) is 11.6 Å². The van der Waals surface area contributed by atoms with E-state index in [9.17, 15) is 0 Å². The van der Waals surface area contributed by atoms with Crippen LogP contribution in [0.15, 0.2) is 18.3 Å². The fourth-order valence-corrected chi connectivity index (χ4v) is 3.39. The van der Waals surface area contributed by atoms with Gasteiger partial charge in [0.25, 0.3) is 0 Å². The van der Waals surface area contributed by atoms with Gasteiger partial charge in [0.1, 0.15) is 0 Å². The second-order valence-corrected chi connectivity index (χ2v) is 6.50. The summed E-state index contributed by atoms with van der Waals surface area (Å²) in [6, 6.07) is 4.30. The molecule has 0 unspecified atom stereocenters. The maximum Gasteiger partial charge on any atom is 0.0498 e. The van der Waals surface area contributed by atoms with Gasteiger partial charge in [0, 0.05) is 67.9 Å². The average molecular weight is 321 g/mol. The molecule has 4 nitrogen and oxygen atoms in total. The van der Waals surface area contributed by atoms with Crippen molar-refractivity contribution in [1.29, 1.82) is 0 Å². The molecule has 1 aromatic heterocycles. The number of nitrogens with one attached hydrogen (secondary N) is 1. The van der Waals surface area contributed by atoms with Crippen molar-refractivity contribution in [1.82, 2.24) is 14.8 Å². The first kappa shape index (κ1) is 15.8. The van der Waals surface area contributed by atoms with E-state index in [1.54, 1.807) is 0 Å². The number of fused-ring (bicyclic) bond motifs is 1. The van der Waals surface area contributed by atoms with E-state index in [0.717, 1.165) is 56.3 Å². The summed E-state index contributed by atoms with van der Waals surface area (Å²) in [5.74, 6) is 0. The molecule has 1 aliphatic rings. The lowest BCUT2D eigenvalue weighted by atomic mass is 10.1. The number of rotatable bonds is 5. The van der Waals surface area contributed by atoms with Crippen molar-refractivity contribution in [2.24, 2.45) is 5.73 Å². The molecule has 3 rings (SSSR count). The molecule has 120 valence electrons. The van der Waals surface area contributed by atoms with E-state index in [4.69, 9.17) is 17.3 Å². The van der Waals surface area contributed by atoms with Gasteiger partial charge < -0.3 is 20.5 Å². The van der Waals surface area contributed by atoms with Gasteiger partial charge in [0.2, 0.25) is 0 Å². The molecular weight excluding hydrogens is 296 g/mol. The van der Waals surface area contributed by atoms with Gasteiger partial charge in [-0.25, -0.2) is 0 Å². The predicted molar refractivity (Wildman–Crippen MR) is 93.8 cm³/mol. The van der Waals surface area contributed by atoms with Crippen LogP contribution in [0.1, 0.15) is 11.1 Å². The normalized spacial score (nSPS) is 16.5. The monoisotopic (exact) mass is 320 g/mol. The molecule has 3 N–H and O–H groups in total. The van der Waals surface area contributed by atoms with Gasteiger partial charge in [0.05, 0.1) is 0 Å². The Bertz CT molecular complexity index is 644. The van der Waals surface area contributed by atoms with Crippen LogP contribution in [0.2, 0.25) is 5.02 Å². The Morgan fingerprint density at radius 2 is 2.00 bits per heavy atom. The first-order chi connectivity index (χ1) is 10.7. The van der Waals surface area contributed by atoms with E-state index in [2.05, 4.69) is 40.0 Å². The Morgan fingerprint density at radius 1 is 1.23 bits per heavy atom. The zero-order chi connectivity index (χ0) is 15.5. The Balaban J connectivity index is 1.85. The van der Waals surface area contributed by atoms with E-state index >= 15 is 0 Å². The highest BCUT2D eigenvalue weighted by molar-refractivity contribution is 6.32. The third kappa shape index (κ3) is 3.30. The van der Waals surface area contributed by atoms with Gasteiger partial charge in [0.15, 0.2) is 0 Å². The highest BCUT2D eigenvalue weighted by Gasteiger charge is 2.13. The second kappa shape index (κ2) is 7.01. The van der Waals surface area contributed by atoms with Crippen LogP contribution in [0, 0.1) is 6.92 Å². The third-order valence-electron chi connectivity index (χ3n) is 4.52. The number of piperazine rings is 1. The zero-order valence-electron chi connectivity index (χ0n) is 13.2. The Morgan fingerprint density at radius 3 is 2.73 bits per heavy atom. The molecule has 0 saturated carbocycles. The molecule has 1 saturated heterocycles. The van der Waals surface area contributed by atoms with Crippen molar-refractivity contribution in [3.05, 3.63) is 34.5 Å². The summed E-state index contributed by atoms with van der Waals surface area (Å²) in [5, 5.41) is 5.56. The lowest BCUT2D eigenvalue weighted by Gasteiger charge is -2.26. The molecule has 5 heteroatoms. The summed E-state index contributed by atoms with van der Waals surface area (Å²) in [4.78, 5) is 2.53. The lowest BCUT2D eigenvalue weighted by molar-refractivity contribution is 0.244. The van der Waals surface area contributed by atoms with Crippen LogP contribution in [0.5, 0.6) is 0 Å². The number of aryl methyl sites for hydroxylation is 1. The van der Waals surface area contributed by atoms with Crippen molar-refractivity contribution >= 4 is 22.5 Å². The molecule has 1 aliphatic heterocycles. The highest BCUT2D eigenvalue weighted by Crippen LogP contribution is 2.28. The number of nitrogens with two attached hydrogens (primary N) is 1. The maximum atomic E-state index is 6.31. The molecule has 2 heterocycles. The van der Waals surface area contributed by atoms with Crippen LogP contribution in [-0.2, 0) is 13.0 Å². The molecule has 0 bridgehead atoms. The SMILES string of the molecule is Cc1cc2c(CCN3CCNCC3)cn(CCN)c2cc1Cl. The van der Waals surface area contributed by atoms with E-state index < -0.39 is 0 Å². The Hall–Kier alpha value is -1.07. The molecule has 1 aromatic carbocycles. The number of benzene rings is 1. The van der Waals surface area contributed by atoms with Crippen molar-refractivity contribution in [2.45, 2.75) is 19.9 Å². The summed E-state index contributed by atoms with van der Waals surface area (Å²) in [6.45, 7) is 9.16. The zero-order valence-corrected chi connectivity index (χ0v) is 14.0. The summed E-state index contributed by atoms with van der Waals surface area (Å²) in [5.41, 5.74) is 9.50. The summed E-state index contributed by atoms with van der Waals surface area (Å²) in [7, 11) is 0. The first-order valence-electron chi connectivity index (χ1n) is 8.10. The van der Waals surface area contributed by atoms with Crippen LogP contribution in [0.25, 0.3) is 10.9 Å². The molecule has 0 atom stereocenters. The van der Waals surface area contributed by atoms with Crippen molar-refractivity contribution in [2.75, 3.05) is 39.3 Å². The number of halogens is 1. The molecular formula is C17H25ClN4. The van der Waals surface area contributed by atoms with Crippen LogP contribution in [0.4, 0.5) is 0 Å². The summed E-state index contributed by atoms with van der Waals surface area (Å²) >= 11 is 6.31. The van der Waals surface area contributed by atoms with E-state index in [1.807, 2.05) is 0 Å². The van der Waals surface area contributed by atoms with Gasteiger partial charge in [-0.2, -0.15) is 0 Å². The second-order valence-electron chi connectivity index (χ2n) is 6.10. The maximum absolute atomic E-state index is 6.31. The number of aromatic nitrogens is 1. The topological polar surface area (TPSA) is 46.2 Å². The Kier molecular flexibility index (Phi) is 5.03. The largest absolute Gasteiger partial charge is 0.346 e.